The second kappa shape index (κ2) is 14.9. The van der Waals surface area contributed by atoms with E-state index in [4.69, 9.17) is 9.47 Å². The van der Waals surface area contributed by atoms with Gasteiger partial charge in [-0.25, -0.2) is 0 Å². The van der Waals surface area contributed by atoms with E-state index >= 15 is 0 Å². The van der Waals surface area contributed by atoms with Crippen molar-refractivity contribution in [2.75, 3.05) is 14.2 Å². The molecule has 0 spiro atoms. The maximum absolute atomic E-state index is 12.5. The van der Waals surface area contributed by atoms with Gasteiger partial charge < -0.3 is 20.1 Å². The summed E-state index contributed by atoms with van der Waals surface area (Å²) in [4.78, 5) is 25.0. The predicted molar refractivity (Wildman–Crippen MR) is 155 cm³/mol. The lowest BCUT2D eigenvalue weighted by molar-refractivity contribution is -0.122. The van der Waals surface area contributed by atoms with Crippen LogP contribution in [0.5, 0.6) is 11.5 Å². The summed E-state index contributed by atoms with van der Waals surface area (Å²) in [6, 6.07) is 16.6. The Morgan fingerprint density at radius 2 is 0.974 bits per heavy atom. The molecule has 0 radical (unpaired) electrons. The summed E-state index contributed by atoms with van der Waals surface area (Å²) < 4.78 is 10.4. The average Bonchev–Trinajstić information content (AvgIpc) is 2.97. The number of hydrogen-bond donors (Lipinski definition) is 2. The fourth-order valence-electron chi connectivity index (χ4n) is 6.26. The van der Waals surface area contributed by atoms with Gasteiger partial charge in [-0.3, -0.25) is 9.59 Å². The van der Waals surface area contributed by atoms with Gasteiger partial charge in [-0.05, 0) is 118 Å². The van der Waals surface area contributed by atoms with Crippen LogP contribution >= 0.6 is 0 Å². The highest BCUT2D eigenvalue weighted by Gasteiger charge is 2.28. The minimum atomic E-state index is 0.165. The molecule has 6 heteroatoms. The van der Waals surface area contributed by atoms with Crippen molar-refractivity contribution >= 4 is 11.8 Å². The molecule has 6 nitrogen and oxygen atoms in total. The Labute approximate surface area is 234 Å². The summed E-state index contributed by atoms with van der Waals surface area (Å²) in [6.07, 6.45) is 13.1. The highest BCUT2D eigenvalue weighted by Crippen LogP contribution is 2.35. The third kappa shape index (κ3) is 9.59. The zero-order valence-electron chi connectivity index (χ0n) is 23.8. The van der Waals surface area contributed by atoms with Crippen LogP contribution in [0.25, 0.3) is 0 Å². The fourth-order valence-corrected chi connectivity index (χ4v) is 6.26. The molecule has 0 aromatic heterocycles. The first-order valence-corrected chi connectivity index (χ1v) is 14.8. The third-order valence-corrected chi connectivity index (χ3v) is 8.69. The molecular weight excluding hydrogens is 488 g/mol. The van der Waals surface area contributed by atoms with Gasteiger partial charge in [-0.15, -0.1) is 0 Å². The number of carbonyl (C=O) groups excluding carboxylic acids is 2. The van der Waals surface area contributed by atoms with Crippen LogP contribution in [-0.4, -0.2) is 38.1 Å². The number of benzene rings is 2. The van der Waals surface area contributed by atoms with E-state index in [-0.39, 0.29) is 11.8 Å². The third-order valence-electron chi connectivity index (χ3n) is 8.69. The van der Waals surface area contributed by atoms with E-state index in [2.05, 4.69) is 10.6 Å². The predicted octanol–water partition coefficient (Wildman–Crippen LogP) is 6.01. The molecule has 0 atom stereocenters. The summed E-state index contributed by atoms with van der Waals surface area (Å²) in [5.41, 5.74) is 2.33. The molecule has 2 aromatic rings. The maximum Gasteiger partial charge on any atom is 0.220 e. The lowest BCUT2D eigenvalue weighted by Crippen LogP contribution is -2.39. The van der Waals surface area contributed by atoms with E-state index in [0.29, 0.717) is 24.9 Å². The van der Waals surface area contributed by atoms with Crippen molar-refractivity contribution in [3.8, 4) is 11.5 Å². The van der Waals surface area contributed by atoms with Crippen molar-refractivity contribution in [2.24, 2.45) is 11.8 Å². The number of aryl methyl sites for hydroxylation is 2. The number of rotatable bonds is 12. The first-order chi connectivity index (χ1) is 19.0. The molecule has 4 rings (SSSR count). The number of amides is 2. The zero-order valence-corrected chi connectivity index (χ0v) is 23.8. The summed E-state index contributed by atoms with van der Waals surface area (Å²) in [6.45, 7) is 0. The van der Waals surface area contributed by atoms with Crippen molar-refractivity contribution < 1.29 is 19.1 Å². The molecule has 0 saturated heterocycles. The largest absolute Gasteiger partial charge is 0.497 e. The van der Waals surface area contributed by atoms with Crippen LogP contribution < -0.4 is 20.1 Å². The molecule has 0 unspecified atom stereocenters. The van der Waals surface area contributed by atoms with Crippen molar-refractivity contribution in [1.29, 1.82) is 0 Å². The molecular formula is C33H46N2O4. The van der Waals surface area contributed by atoms with E-state index in [1.807, 2.05) is 48.5 Å². The lowest BCUT2D eigenvalue weighted by Gasteiger charge is -2.34. The second-order valence-corrected chi connectivity index (χ2v) is 11.5. The van der Waals surface area contributed by atoms with Crippen LogP contribution in [0.1, 0.15) is 81.8 Å². The van der Waals surface area contributed by atoms with Crippen LogP contribution in [0, 0.1) is 11.8 Å². The second-order valence-electron chi connectivity index (χ2n) is 11.5. The van der Waals surface area contributed by atoms with Crippen molar-refractivity contribution in [3.63, 3.8) is 0 Å². The van der Waals surface area contributed by atoms with E-state index in [1.54, 1.807) is 14.2 Å². The van der Waals surface area contributed by atoms with Gasteiger partial charge in [0.25, 0.3) is 0 Å². The SMILES string of the molecule is COc1ccc(CCC(=O)NC2CCC(CC3CCC(NC(=O)CCc4ccc(OC)cc4)CC3)CC2)cc1. The Morgan fingerprint density at radius 1 is 0.615 bits per heavy atom. The van der Waals surface area contributed by atoms with E-state index < -0.39 is 0 Å². The average molecular weight is 535 g/mol. The Morgan fingerprint density at radius 3 is 1.31 bits per heavy atom. The number of ether oxygens (including phenoxy) is 2. The zero-order chi connectivity index (χ0) is 27.5. The molecule has 2 saturated carbocycles. The maximum atomic E-state index is 12.5. The Kier molecular flexibility index (Phi) is 11.1. The number of methoxy groups -OCH3 is 2. The van der Waals surface area contributed by atoms with Gasteiger partial charge in [0, 0.05) is 24.9 Å². The van der Waals surface area contributed by atoms with Crippen molar-refractivity contribution in [2.45, 2.75) is 95.6 Å². The molecule has 2 N–H and O–H groups in total. The highest BCUT2D eigenvalue weighted by molar-refractivity contribution is 5.77. The molecule has 39 heavy (non-hydrogen) atoms. The standard InChI is InChI=1S/C33H46N2O4/c1-38-30-17-7-24(8-18-30)11-21-32(36)34-28-13-3-26(4-14-28)23-27-5-15-29(16-6-27)35-33(37)22-12-25-9-19-31(39-2)20-10-25/h7-10,17-20,26-29H,3-6,11-16,21-23H2,1-2H3,(H,34,36)(H,35,37). The summed E-state index contributed by atoms with van der Waals surface area (Å²) in [7, 11) is 3.33. The van der Waals surface area contributed by atoms with Gasteiger partial charge >= 0.3 is 0 Å². The van der Waals surface area contributed by atoms with Crippen molar-refractivity contribution in [3.05, 3.63) is 59.7 Å². The van der Waals surface area contributed by atoms with Crippen LogP contribution in [0.4, 0.5) is 0 Å². The Bertz CT molecular complexity index is 937. The summed E-state index contributed by atoms with van der Waals surface area (Å²) in [5.74, 6) is 3.57. The quantitative estimate of drug-likeness (QED) is 0.350. The van der Waals surface area contributed by atoms with Crippen LogP contribution in [0.2, 0.25) is 0 Å². The molecule has 2 aromatic carbocycles. The molecule has 0 bridgehead atoms. The van der Waals surface area contributed by atoms with Crippen LogP contribution in [-0.2, 0) is 22.4 Å². The van der Waals surface area contributed by atoms with Crippen molar-refractivity contribution in [1.82, 2.24) is 10.6 Å². The molecule has 2 amide bonds. The summed E-state index contributed by atoms with van der Waals surface area (Å²) in [5, 5.41) is 6.55. The topological polar surface area (TPSA) is 76.7 Å². The molecule has 0 aliphatic heterocycles. The monoisotopic (exact) mass is 534 g/mol. The van der Waals surface area contributed by atoms with Gasteiger partial charge in [-0.2, -0.15) is 0 Å². The minimum Gasteiger partial charge on any atom is -0.497 e. The number of nitrogens with one attached hydrogen (secondary N) is 2. The number of carbonyl (C=O) groups is 2. The molecule has 0 heterocycles. The normalized spacial score (nSPS) is 23.0. The van der Waals surface area contributed by atoms with E-state index in [0.717, 1.165) is 73.0 Å². The molecule has 2 aliphatic carbocycles. The highest BCUT2D eigenvalue weighted by atomic mass is 16.5. The summed E-state index contributed by atoms with van der Waals surface area (Å²) >= 11 is 0. The van der Waals surface area contributed by atoms with Crippen LogP contribution in [0.3, 0.4) is 0 Å². The fraction of sp³-hybridized carbons (Fsp3) is 0.576. The van der Waals surface area contributed by atoms with Gasteiger partial charge in [0.2, 0.25) is 11.8 Å². The van der Waals surface area contributed by atoms with E-state index in [9.17, 15) is 9.59 Å². The molecule has 212 valence electrons. The van der Waals surface area contributed by atoms with E-state index in [1.165, 1.54) is 32.1 Å². The number of hydrogen-bond acceptors (Lipinski definition) is 4. The minimum absolute atomic E-state index is 0.165. The first-order valence-electron chi connectivity index (χ1n) is 14.8. The van der Waals surface area contributed by atoms with Gasteiger partial charge in [0.15, 0.2) is 0 Å². The van der Waals surface area contributed by atoms with Gasteiger partial charge in [0.1, 0.15) is 11.5 Å². The lowest BCUT2D eigenvalue weighted by atomic mass is 9.75. The Balaban J connectivity index is 1.06. The molecule has 2 aliphatic rings. The first kappa shape index (κ1) is 29.0. The molecule has 2 fully saturated rings. The smallest absolute Gasteiger partial charge is 0.220 e. The van der Waals surface area contributed by atoms with Gasteiger partial charge in [-0.1, -0.05) is 24.3 Å². The van der Waals surface area contributed by atoms with Gasteiger partial charge in [0.05, 0.1) is 14.2 Å². The van der Waals surface area contributed by atoms with Crippen LogP contribution in [0.15, 0.2) is 48.5 Å². The Hall–Kier alpha value is -3.02.